The maximum absolute atomic E-state index is 12.2. The van der Waals surface area contributed by atoms with Gasteiger partial charge in [-0.3, -0.25) is 14.5 Å². The zero-order chi connectivity index (χ0) is 17.8. The van der Waals surface area contributed by atoms with Crippen molar-refractivity contribution in [2.45, 2.75) is 13.3 Å². The number of ether oxygens (including phenoxy) is 1. The first-order valence-electron chi connectivity index (χ1n) is 8.08. The van der Waals surface area contributed by atoms with Crippen molar-refractivity contribution in [1.29, 1.82) is 0 Å². The summed E-state index contributed by atoms with van der Waals surface area (Å²) < 4.78 is 5.42. The summed E-state index contributed by atoms with van der Waals surface area (Å²) in [6, 6.07) is 13.1. The Morgan fingerprint density at radius 1 is 1.24 bits per heavy atom. The summed E-state index contributed by atoms with van der Waals surface area (Å²) in [5.74, 6) is 0.210. The van der Waals surface area contributed by atoms with Crippen LogP contribution in [0.2, 0.25) is 5.02 Å². The number of amides is 2. The molecule has 1 heterocycles. The summed E-state index contributed by atoms with van der Waals surface area (Å²) in [6.07, 6.45) is 0.704. The lowest BCUT2D eigenvalue weighted by molar-refractivity contribution is -0.125. The Labute approximate surface area is 151 Å². The number of hydrogen-bond acceptors (Lipinski definition) is 3. The quantitative estimate of drug-likeness (QED) is 0.894. The second-order valence-corrected chi connectivity index (χ2v) is 6.40. The number of nitrogens with zero attached hydrogens (tertiary/aromatic N) is 1. The first-order valence-corrected chi connectivity index (χ1v) is 8.46. The fourth-order valence-corrected chi connectivity index (χ4v) is 2.81. The average Bonchev–Trinajstić information content (AvgIpc) is 2.59. The van der Waals surface area contributed by atoms with Crippen molar-refractivity contribution in [3.63, 3.8) is 0 Å². The van der Waals surface area contributed by atoms with Crippen LogP contribution in [0, 0.1) is 6.92 Å². The summed E-state index contributed by atoms with van der Waals surface area (Å²) in [7, 11) is 0. The highest BCUT2D eigenvalue weighted by Crippen LogP contribution is 2.32. The van der Waals surface area contributed by atoms with E-state index in [1.54, 1.807) is 0 Å². The third kappa shape index (κ3) is 4.31. The lowest BCUT2D eigenvalue weighted by Crippen LogP contribution is -2.45. The van der Waals surface area contributed by atoms with Gasteiger partial charge < -0.3 is 10.1 Å². The molecule has 0 unspecified atom stereocenters. The van der Waals surface area contributed by atoms with Gasteiger partial charge in [0.1, 0.15) is 12.3 Å². The van der Waals surface area contributed by atoms with Crippen molar-refractivity contribution >= 4 is 29.1 Å². The third-order valence-corrected chi connectivity index (χ3v) is 4.26. The van der Waals surface area contributed by atoms with Gasteiger partial charge in [-0.05, 0) is 48.7 Å². The molecular formula is C19H19ClN2O3. The molecule has 0 aromatic heterocycles. The van der Waals surface area contributed by atoms with Gasteiger partial charge in [-0.2, -0.15) is 0 Å². The normalized spacial score (nSPS) is 13.2. The summed E-state index contributed by atoms with van der Waals surface area (Å²) in [6.45, 7) is 2.37. The molecule has 0 radical (unpaired) electrons. The molecule has 130 valence electrons. The van der Waals surface area contributed by atoms with Gasteiger partial charge in [0.2, 0.25) is 5.91 Å². The summed E-state index contributed by atoms with van der Waals surface area (Å²) in [5, 5.41) is 3.54. The molecule has 0 atom stereocenters. The van der Waals surface area contributed by atoms with Crippen molar-refractivity contribution in [2.75, 3.05) is 24.6 Å². The molecule has 0 saturated carbocycles. The third-order valence-electron chi connectivity index (χ3n) is 4.01. The van der Waals surface area contributed by atoms with E-state index in [1.165, 1.54) is 4.90 Å². The van der Waals surface area contributed by atoms with E-state index in [-0.39, 0.29) is 25.0 Å². The minimum atomic E-state index is -0.217. The molecular weight excluding hydrogens is 340 g/mol. The first-order chi connectivity index (χ1) is 12.0. The second kappa shape index (κ2) is 7.57. The number of nitrogens with one attached hydrogen (secondary N) is 1. The number of aryl methyl sites for hydroxylation is 1. The van der Waals surface area contributed by atoms with Crippen LogP contribution in [-0.4, -0.2) is 31.5 Å². The van der Waals surface area contributed by atoms with Gasteiger partial charge in [-0.25, -0.2) is 0 Å². The number of benzene rings is 2. The molecule has 0 saturated heterocycles. The minimum Gasteiger partial charge on any atom is -0.482 e. The molecule has 2 aromatic carbocycles. The molecule has 2 aromatic rings. The Morgan fingerprint density at radius 3 is 2.76 bits per heavy atom. The van der Waals surface area contributed by atoms with E-state index < -0.39 is 0 Å². The minimum absolute atomic E-state index is 0.0146. The van der Waals surface area contributed by atoms with Gasteiger partial charge >= 0.3 is 0 Å². The zero-order valence-electron chi connectivity index (χ0n) is 13.9. The molecule has 0 bridgehead atoms. The predicted octanol–water partition coefficient (Wildman–Crippen LogP) is 2.73. The summed E-state index contributed by atoms with van der Waals surface area (Å²) in [5.41, 5.74) is 2.74. The molecule has 5 nitrogen and oxygen atoms in total. The molecule has 0 aliphatic carbocycles. The van der Waals surface area contributed by atoms with Gasteiger partial charge in [0.25, 0.3) is 5.91 Å². The van der Waals surface area contributed by atoms with Crippen LogP contribution in [0.1, 0.15) is 11.1 Å². The maximum Gasteiger partial charge on any atom is 0.265 e. The number of fused-ring (bicyclic) bond motifs is 1. The topological polar surface area (TPSA) is 58.6 Å². The van der Waals surface area contributed by atoms with E-state index in [4.69, 9.17) is 16.3 Å². The van der Waals surface area contributed by atoms with Crippen LogP contribution >= 0.6 is 11.6 Å². The number of halogens is 1. The predicted molar refractivity (Wildman–Crippen MR) is 97.2 cm³/mol. The highest BCUT2D eigenvalue weighted by atomic mass is 35.5. The Balaban J connectivity index is 1.58. The van der Waals surface area contributed by atoms with E-state index in [9.17, 15) is 9.59 Å². The van der Waals surface area contributed by atoms with E-state index in [2.05, 4.69) is 5.32 Å². The average molecular weight is 359 g/mol. The van der Waals surface area contributed by atoms with Crippen molar-refractivity contribution in [3.05, 3.63) is 58.6 Å². The van der Waals surface area contributed by atoms with Crippen molar-refractivity contribution in [2.24, 2.45) is 0 Å². The van der Waals surface area contributed by atoms with Crippen molar-refractivity contribution < 1.29 is 14.3 Å². The van der Waals surface area contributed by atoms with Crippen molar-refractivity contribution in [3.8, 4) is 5.75 Å². The Hall–Kier alpha value is -2.53. The standard InChI is InChI=1S/C19H19ClN2O3/c1-13-2-7-17-16(10-13)22(19(24)12-25-17)11-18(23)21-9-8-14-3-5-15(20)6-4-14/h2-7,10H,8-9,11-12H2,1H3,(H,21,23). The smallest absolute Gasteiger partial charge is 0.265 e. The van der Waals surface area contributed by atoms with Gasteiger partial charge in [-0.1, -0.05) is 29.8 Å². The fraction of sp³-hybridized carbons (Fsp3) is 0.263. The van der Waals surface area contributed by atoms with Crippen molar-refractivity contribution in [1.82, 2.24) is 5.32 Å². The highest BCUT2D eigenvalue weighted by molar-refractivity contribution is 6.30. The molecule has 25 heavy (non-hydrogen) atoms. The largest absolute Gasteiger partial charge is 0.482 e. The molecule has 6 heteroatoms. The molecule has 0 spiro atoms. The monoisotopic (exact) mass is 358 g/mol. The van der Waals surface area contributed by atoms with Crippen LogP contribution in [0.15, 0.2) is 42.5 Å². The van der Waals surface area contributed by atoms with Crippen LogP contribution in [-0.2, 0) is 16.0 Å². The second-order valence-electron chi connectivity index (χ2n) is 5.97. The van der Waals surface area contributed by atoms with Gasteiger partial charge in [-0.15, -0.1) is 0 Å². The van der Waals surface area contributed by atoms with Gasteiger partial charge in [0.05, 0.1) is 5.69 Å². The van der Waals surface area contributed by atoms with E-state index in [0.717, 1.165) is 11.1 Å². The summed E-state index contributed by atoms with van der Waals surface area (Å²) in [4.78, 5) is 25.8. The van der Waals surface area contributed by atoms with Crippen LogP contribution in [0.5, 0.6) is 5.75 Å². The van der Waals surface area contributed by atoms with Crippen LogP contribution in [0.3, 0.4) is 0 Å². The molecule has 1 aliphatic heterocycles. The number of anilines is 1. The van der Waals surface area contributed by atoms with Gasteiger partial charge in [0, 0.05) is 11.6 Å². The maximum atomic E-state index is 12.2. The van der Waals surface area contributed by atoms with Crippen LogP contribution in [0.25, 0.3) is 0 Å². The number of rotatable bonds is 5. The lowest BCUT2D eigenvalue weighted by Gasteiger charge is -2.29. The van der Waals surface area contributed by atoms with Crippen LogP contribution in [0.4, 0.5) is 5.69 Å². The van der Waals surface area contributed by atoms with Crippen LogP contribution < -0.4 is 15.0 Å². The fourth-order valence-electron chi connectivity index (χ4n) is 2.68. The number of carbonyl (C=O) groups is 2. The molecule has 2 amide bonds. The zero-order valence-corrected chi connectivity index (χ0v) is 14.7. The molecule has 0 fully saturated rings. The summed E-state index contributed by atoms with van der Waals surface area (Å²) >= 11 is 5.85. The SMILES string of the molecule is Cc1ccc2c(c1)N(CC(=O)NCCc1ccc(Cl)cc1)C(=O)CO2. The lowest BCUT2D eigenvalue weighted by atomic mass is 10.1. The Kier molecular flexibility index (Phi) is 5.24. The Morgan fingerprint density at radius 2 is 2.00 bits per heavy atom. The Bertz CT molecular complexity index is 790. The van der Waals surface area contributed by atoms with E-state index in [0.29, 0.717) is 29.4 Å². The molecule has 1 N–H and O–H groups in total. The molecule has 3 rings (SSSR count). The highest BCUT2D eigenvalue weighted by Gasteiger charge is 2.27. The number of hydrogen-bond donors (Lipinski definition) is 1. The first kappa shape index (κ1) is 17.3. The molecule has 1 aliphatic rings. The van der Waals surface area contributed by atoms with Gasteiger partial charge in [0.15, 0.2) is 6.61 Å². The van der Waals surface area contributed by atoms with E-state index in [1.807, 2.05) is 49.4 Å². The van der Waals surface area contributed by atoms with E-state index >= 15 is 0 Å². The number of carbonyl (C=O) groups excluding carboxylic acids is 2.